The number of hydrogen-bond acceptors (Lipinski definition) is 4. The quantitative estimate of drug-likeness (QED) is 0.813. The number of rotatable bonds is 2. The van der Waals surface area contributed by atoms with Crippen LogP contribution in [0.5, 0.6) is 0 Å². The van der Waals surface area contributed by atoms with Gasteiger partial charge in [0.05, 0.1) is 34.5 Å². The first-order chi connectivity index (χ1) is 8.74. The van der Waals surface area contributed by atoms with Crippen molar-refractivity contribution in [2.45, 2.75) is 32.9 Å². The van der Waals surface area contributed by atoms with Crippen LogP contribution in [0.1, 0.15) is 25.2 Å². The fourth-order valence-electron chi connectivity index (χ4n) is 2.08. The maximum absolute atomic E-state index is 12.3. The van der Waals surface area contributed by atoms with E-state index in [9.17, 15) is 9.59 Å². The Morgan fingerprint density at radius 1 is 1.42 bits per heavy atom. The average molecular weight is 329 g/mol. The van der Waals surface area contributed by atoms with Crippen molar-refractivity contribution in [2.24, 2.45) is 7.05 Å². The number of carbonyl (C=O) groups is 2. The zero-order valence-corrected chi connectivity index (χ0v) is 13.0. The largest absolute Gasteiger partial charge is 0.295 e. The lowest BCUT2D eigenvalue weighted by molar-refractivity contribution is -0.153. The molecule has 2 heterocycles. The van der Waals surface area contributed by atoms with E-state index in [0.29, 0.717) is 0 Å². The zero-order valence-electron chi connectivity index (χ0n) is 11.5. The van der Waals surface area contributed by atoms with Gasteiger partial charge >= 0.3 is 0 Å². The highest BCUT2D eigenvalue weighted by Crippen LogP contribution is 2.23. The second kappa shape index (κ2) is 4.72. The van der Waals surface area contributed by atoms with Crippen LogP contribution in [0.25, 0.3) is 0 Å². The van der Waals surface area contributed by atoms with Gasteiger partial charge in [0.2, 0.25) is 11.8 Å². The summed E-state index contributed by atoms with van der Waals surface area (Å²) in [7, 11) is 1.80. The number of hydrogen-bond donors (Lipinski definition) is 1. The van der Waals surface area contributed by atoms with E-state index in [4.69, 9.17) is 0 Å². The van der Waals surface area contributed by atoms with Crippen molar-refractivity contribution in [3.63, 3.8) is 0 Å². The summed E-state index contributed by atoms with van der Waals surface area (Å²) < 4.78 is 2.53. The number of imide groups is 1. The number of aromatic nitrogens is 2. The molecule has 1 N–H and O–H groups in total. The van der Waals surface area contributed by atoms with Crippen molar-refractivity contribution in [1.29, 1.82) is 0 Å². The van der Waals surface area contributed by atoms with Gasteiger partial charge in [-0.1, -0.05) is 0 Å². The third-order valence-corrected chi connectivity index (χ3v) is 4.36. The molecule has 0 radical (unpaired) electrons. The van der Waals surface area contributed by atoms with E-state index >= 15 is 0 Å². The number of nitrogens with zero attached hydrogens (tertiary/aromatic N) is 3. The molecule has 2 rings (SSSR count). The minimum absolute atomic E-state index is 0.174. The van der Waals surface area contributed by atoms with Crippen molar-refractivity contribution in [3.8, 4) is 0 Å². The third-order valence-electron chi connectivity index (χ3n) is 3.33. The molecule has 1 aliphatic rings. The first-order valence-corrected chi connectivity index (χ1v) is 6.81. The summed E-state index contributed by atoms with van der Waals surface area (Å²) in [6, 6.07) is 0. The van der Waals surface area contributed by atoms with E-state index in [1.54, 1.807) is 25.6 Å². The summed E-state index contributed by atoms with van der Waals surface area (Å²) in [5.41, 5.74) is 0.942. The summed E-state index contributed by atoms with van der Waals surface area (Å²) in [6.07, 6.45) is 0. The first kappa shape index (κ1) is 14.2. The van der Waals surface area contributed by atoms with Gasteiger partial charge in [0.25, 0.3) is 0 Å². The molecule has 0 bridgehead atoms. The van der Waals surface area contributed by atoms with Gasteiger partial charge in [-0.2, -0.15) is 5.10 Å². The summed E-state index contributed by atoms with van der Waals surface area (Å²) in [6.45, 7) is 5.84. The van der Waals surface area contributed by atoms with Crippen LogP contribution < -0.4 is 5.32 Å². The Hall–Kier alpha value is -1.21. The third kappa shape index (κ3) is 2.44. The maximum Gasteiger partial charge on any atom is 0.249 e. The van der Waals surface area contributed by atoms with E-state index < -0.39 is 5.54 Å². The van der Waals surface area contributed by atoms with Gasteiger partial charge < -0.3 is 0 Å². The second-order valence-electron chi connectivity index (χ2n) is 5.23. The number of carbonyl (C=O) groups excluding carboxylic acids is 2. The maximum atomic E-state index is 12.3. The van der Waals surface area contributed by atoms with Gasteiger partial charge in [-0.3, -0.25) is 24.5 Å². The summed E-state index contributed by atoms with van der Waals surface area (Å²) in [4.78, 5) is 25.5. The van der Waals surface area contributed by atoms with Crippen LogP contribution >= 0.6 is 15.9 Å². The molecule has 0 atom stereocenters. The number of halogens is 1. The molecule has 1 aromatic heterocycles. The molecule has 1 aromatic rings. The topological polar surface area (TPSA) is 67.2 Å². The molecule has 1 fully saturated rings. The van der Waals surface area contributed by atoms with Gasteiger partial charge in [0.1, 0.15) is 0 Å². The van der Waals surface area contributed by atoms with Crippen LogP contribution in [-0.4, -0.2) is 38.6 Å². The van der Waals surface area contributed by atoms with Crippen LogP contribution in [0.15, 0.2) is 4.47 Å². The molecule has 104 valence electrons. The second-order valence-corrected chi connectivity index (χ2v) is 6.03. The lowest BCUT2D eigenvalue weighted by Crippen LogP contribution is -2.63. The zero-order chi connectivity index (χ0) is 14.4. The first-order valence-electron chi connectivity index (χ1n) is 6.02. The molecule has 2 amide bonds. The Morgan fingerprint density at radius 2 is 2.05 bits per heavy atom. The van der Waals surface area contributed by atoms with E-state index in [0.717, 1.165) is 15.9 Å². The van der Waals surface area contributed by atoms with Gasteiger partial charge in [-0.05, 0) is 36.7 Å². The fraction of sp³-hybridized carbons (Fsp3) is 0.583. The molecular formula is C12H17BrN4O2. The molecule has 7 heteroatoms. The number of aryl methyl sites for hydroxylation is 2. The number of piperazine rings is 1. The molecule has 1 aliphatic heterocycles. The lowest BCUT2D eigenvalue weighted by Gasteiger charge is -2.36. The van der Waals surface area contributed by atoms with Gasteiger partial charge in [0, 0.05) is 7.05 Å². The van der Waals surface area contributed by atoms with Crippen molar-refractivity contribution >= 4 is 27.7 Å². The van der Waals surface area contributed by atoms with Crippen LogP contribution in [0.3, 0.4) is 0 Å². The minimum atomic E-state index is -0.714. The molecule has 0 unspecified atom stereocenters. The molecule has 0 spiro atoms. The van der Waals surface area contributed by atoms with Crippen LogP contribution in [0, 0.1) is 6.92 Å². The Morgan fingerprint density at radius 3 is 2.58 bits per heavy atom. The Bertz CT molecular complexity index is 550. The normalized spacial score (nSPS) is 19.1. The Balaban J connectivity index is 2.31. The average Bonchev–Trinajstić information content (AvgIpc) is 2.56. The lowest BCUT2D eigenvalue weighted by atomic mass is 10.0. The van der Waals surface area contributed by atoms with Crippen molar-refractivity contribution in [1.82, 2.24) is 20.0 Å². The van der Waals surface area contributed by atoms with E-state index in [-0.39, 0.29) is 24.9 Å². The summed E-state index contributed by atoms with van der Waals surface area (Å²) >= 11 is 3.45. The van der Waals surface area contributed by atoms with E-state index in [2.05, 4.69) is 26.3 Å². The van der Waals surface area contributed by atoms with E-state index in [1.165, 1.54) is 4.90 Å². The molecule has 0 aromatic carbocycles. The molecule has 19 heavy (non-hydrogen) atoms. The van der Waals surface area contributed by atoms with Crippen LogP contribution in [0.4, 0.5) is 0 Å². The van der Waals surface area contributed by atoms with Gasteiger partial charge in [0.15, 0.2) is 0 Å². The standard InChI is InChI=1S/C12H17BrN4O2/c1-7-10(13)8(16(4)15-7)6-17-9(18)5-14-12(2,3)11(17)19/h14H,5-6H2,1-4H3. The molecular weight excluding hydrogens is 312 g/mol. The SMILES string of the molecule is Cc1nn(C)c(CN2C(=O)CNC(C)(C)C2=O)c1Br. The molecule has 0 saturated carbocycles. The van der Waals surface area contributed by atoms with Crippen LogP contribution in [-0.2, 0) is 23.2 Å². The molecule has 6 nitrogen and oxygen atoms in total. The predicted molar refractivity (Wildman–Crippen MR) is 73.3 cm³/mol. The minimum Gasteiger partial charge on any atom is -0.295 e. The Labute approximate surface area is 120 Å². The van der Waals surface area contributed by atoms with Gasteiger partial charge in [-0.15, -0.1) is 0 Å². The summed E-state index contributed by atoms with van der Waals surface area (Å²) in [5, 5.41) is 7.20. The van der Waals surface area contributed by atoms with Crippen molar-refractivity contribution in [2.75, 3.05) is 6.54 Å². The number of nitrogens with one attached hydrogen (secondary N) is 1. The van der Waals surface area contributed by atoms with Crippen molar-refractivity contribution in [3.05, 3.63) is 15.9 Å². The Kier molecular flexibility index (Phi) is 3.53. The number of amides is 2. The summed E-state index contributed by atoms with van der Waals surface area (Å²) in [5.74, 6) is -0.426. The predicted octanol–water partition coefficient (Wildman–Crippen LogP) is 0.728. The molecule has 1 saturated heterocycles. The fourth-order valence-corrected chi connectivity index (χ4v) is 2.54. The van der Waals surface area contributed by atoms with E-state index in [1.807, 2.05) is 6.92 Å². The highest BCUT2D eigenvalue weighted by molar-refractivity contribution is 9.10. The van der Waals surface area contributed by atoms with Crippen molar-refractivity contribution < 1.29 is 9.59 Å². The monoisotopic (exact) mass is 328 g/mol. The highest BCUT2D eigenvalue weighted by Gasteiger charge is 2.40. The molecule has 0 aliphatic carbocycles. The van der Waals surface area contributed by atoms with Gasteiger partial charge in [-0.25, -0.2) is 0 Å². The smallest absolute Gasteiger partial charge is 0.249 e. The van der Waals surface area contributed by atoms with Crippen LogP contribution in [0.2, 0.25) is 0 Å². The highest BCUT2D eigenvalue weighted by atomic mass is 79.9.